The summed E-state index contributed by atoms with van der Waals surface area (Å²) in [6.45, 7) is 5.41. The molecule has 0 spiro atoms. The van der Waals surface area contributed by atoms with Gasteiger partial charge in [0.1, 0.15) is 0 Å². The molecule has 0 aliphatic heterocycles. The molecule has 2 atom stereocenters. The average molecular weight is 278 g/mol. The van der Waals surface area contributed by atoms with Gasteiger partial charge in [-0.2, -0.15) is 0 Å². The molecule has 1 aromatic rings. The first kappa shape index (κ1) is 12.7. The van der Waals surface area contributed by atoms with Gasteiger partial charge in [-0.15, -0.1) is 11.3 Å². The van der Waals surface area contributed by atoms with Gasteiger partial charge in [-0.25, -0.2) is 0 Å². The zero-order chi connectivity index (χ0) is 11.7. The van der Waals surface area contributed by atoms with Crippen molar-refractivity contribution in [2.45, 2.75) is 32.7 Å². The summed E-state index contributed by atoms with van der Waals surface area (Å²) < 4.78 is 1.62. The molecule has 0 radical (unpaired) electrons. The van der Waals surface area contributed by atoms with Crippen LogP contribution in [0, 0.1) is 11.8 Å². The van der Waals surface area contributed by atoms with Gasteiger partial charge < -0.3 is 5.32 Å². The molecule has 0 aromatic carbocycles. The summed E-state index contributed by atoms with van der Waals surface area (Å²) in [4.78, 5) is 0. The van der Waals surface area contributed by atoms with Crippen LogP contribution in [0.5, 0.6) is 0 Å². The van der Waals surface area contributed by atoms with Crippen molar-refractivity contribution in [1.82, 2.24) is 5.32 Å². The van der Waals surface area contributed by atoms with Gasteiger partial charge in [-0.1, -0.05) is 37.0 Å². The summed E-state index contributed by atoms with van der Waals surface area (Å²) in [7, 11) is 0. The van der Waals surface area contributed by atoms with Crippen molar-refractivity contribution in [2.24, 2.45) is 11.8 Å². The second-order valence-electron chi connectivity index (χ2n) is 4.51. The zero-order valence-electron chi connectivity index (χ0n) is 9.59. The Morgan fingerprint density at radius 1 is 1.50 bits per heavy atom. The molecule has 1 nitrogen and oxygen atoms in total. The summed E-state index contributed by atoms with van der Waals surface area (Å²) in [5, 5.41) is 3.54. The van der Waals surface area contributed by atoms with E-state index in [0.29, 0.717) is 12.0 Å². The Bertz CT molecular complexity index is 360. The summed E-state index contributed by atoms with van der Waals surface area (Å²) in [6.07, 6.45) is 2.72. The second kappa shape index (κ2) is 5.26. The van der Waals surface area contributed by atoms with Crippen LogP contribution in [0.25, 0.3) is 0 Å². The van der Waals surface area contributed by atoms with Crippen LogP contribution in [0.1, 0.15) is 38.3 Å². The Morgan fingerprint density at radius 2 is 2.19 bits per heavy atom. The van der Waals surface area contributed by atoms with Gasteiger partial charge in [-0.3, -0.25) is 0 Å². The van der Waals surface area contributed by atoms with Gasteiger partial charge >= 0.3 is 0 Å². The molecule has 1 aliphatic rings. The molecule has 90 valence electrons. The second-order valence-corrected chi connectivity index (χ2v) is 6.80. The molecule has 1 fully saturated rings. The van der Waals surface area contributed by atoms with E-state index in [1.165, 1.54) is 29.7 Å². The Kier molecular flexibility index (Phi) is 4.17. The Hall–Kier alpha value is 0.240. The van der Waals surface area contributed by atoms with Crippen LogP contribution in [-0.2, 0) is 0 Å². The van der Waals surface area contributed by atoms with Gasteiger partial charge in [0, 0.05) is 11.6 Å². The molecule has 0 bridgehead atoms. The predicted octanol–water partition coefficient (Wildman–Crippen LogP) is 4.75. The molecule has 16 heavy (non-hydrogen) atoms. The van der Waals surface area contributed by atoms with Gasteiger partial charge in [0.15, 0.2) is 0 Å². The van der Waals surface area contributed by atoms with Gasteiger partial charge in [0.05, 0.1) is 8.67 Å². The average Bonchev–Trinajstić information content (AvgIpc) is 3.01. The van der Waals surface area contributed by atoms with Gasteiger partial charge in [0.2, 0.25) is 0 Å². The number of halogens is 2. The van der Waals surface area contributed by atoms with Crippen molar-refractivity contribution < 1.29 is 0 Å². The first-order chi connectivity index (χ1) is 7.63. The van der Waals surface area contributed by atoms with Crippen molar-refractivity contribution in [2.75, 3.05) is 6.54 Å². The van der Waals surface area contributed by atoms with Crippen molar-refractivity contribution >= 4 is 34.5 Å². The minimum absolute atomic E-state index is 0.355. The van der Waals surface area contributed by atoms with Gasteiger partial charge in [0.25, 0.3) is 0 Å². The lowest BCUT2D eigenvalue weighted by Crippen LogP contribution is -2.27. The molecular weight excluding hydrogens is 261 g/mol. The monoisotopic (exact) mass is 277 g/mol. The summed E-state index contributed by atoms with van der Waals surface area (Å²) in [5.74, 6) is 1.50. The minimum atomic E-state index is 0.355. The van der Waals surface area contributed by atoms with E-state index in [1.54, 1.807) is 0 Å². The summed E-state index contributed by atoms with van der Waals surface area (Å²) in [5.41, 5.74) is 1.18. The van der Waals surface area contributed by atoms with Crippen molar-refractivity contribution in [3.8, 4) is 0 Å². The first-order valence-corrected chi connectivity index (χ1v) is 7.38. The lowest BCUT2D eigenvalue weighted by molar-refractivity contribution is 0.356. The van der Waals surface area contributed by atoms with Crippen LogP contribution in [0.15, 0.2) is 6.07 Å². The van der Waals surface area contributed by atoms with Crippen molar-refractivity contribution in [3.05, 3.63) is 20.3 Å². The lowest BCUT2D eigenvalue weighted by atomic mass is 9.92. The smallest absolute Gasteiger partial charge is 0.0992 e. The number of hydrogen-bond acceptors (Lipinski definition) is 2. The summed E-state index contributed by atoms with van der Waals surface area (Å²) in [6, 6.07) is 2.37. The first-order valence-electron chi connectivity index (χ1n) is 5.81. The molecule has 1 aliphatic carbocycles. The van der Waals surface area contributed by atoms with E-state index in [9.17, 15) is 0 Å². The fourth-order valence-corrected chi connectivity index (χ4v) is 3.81. The molecular formula is C12H17Cl2NS. The molecule has 0 amide bonds. The van der Waals surface area contributed by atoms with Crippen LogP contribution in [-0.4, -0.2) is 6.54 Å². The third-order valence-corrected chi connectivity index (χ3v) is 4.85. The molecule has 2 unspecified atom stereocenters. The molecule has 0 saturated heterocycles. The van der Waals surface area contributed by atoms with Crippen LogP contribution < -0.4 is 5.32 Å². The lowest BCUT2D eigenvalue weighted by Gasteiger charge is -2.24. The van der Waals surface area contributed by atoms with E-state index in [1.807, 2.05) is 6.07 Å². The van der Waals surface area contributed by atoms with E-state index >= 15 is 0 Å². The highest BCUT2D eigenvalue weighted by molar-refractivity contribution is 7.20. The van der Waals surface area contributed by atoms with Crippen LogP contribution in [0.2, 0.25) is 8.67 Å². The molecule has 4 heteroatoms. The molecule has 2 rings (SSSR count). The van der Waals surface area contributed by atoms with E-state index in [-0.39, 0.29) is 0 Å². The fraction of sp³-hybridized carbons (Fsp3) is 0.667. The maximum Gasteiger partial charge on any atom is 0.0992 e. The number of nitrogens with one attached hydrogen (secondary N) is 1. The molecule has 1 aromatic heterocycles. The Labute approximate surface area is 111 Å². The third-order valence-electron chi connectivity index (χ3n) is 3.33. The normalized spacial score (nSPS) is 19.8. The van der Waals surface area contributed by atoms with Gasteiger partial charge in [-0.05, 0) is 37.3 Å². The maximum atomic E-state index is 6.24. The van der Waals surface area contributed by atoms with Crippen molar-refractivity contribution in [3.63, 3.8) is 0 Å². The fourth-order valence-electron chi connectivity index (χ4n) is 2.26. The predicted molar refractivity (Wildman–Crippen MR) is 72.6 cm³/mol. The number of thiophene rings is 1. The third kappa shape index (κ3) is 2.73. The minimum Gasteiger partial charge on any atom is -0.310 e. The van der Waals surface area contributed by atoms with Crippen LogP contribution >= 0.6 is 34.5 Å². The van der Waals surface area contributed by atoms with Crippen molar-refractivity contribution in [1.29, 1.82) is 0 Å². The number of hydrogen-bond donors (Lipinski definition) is 1. The standard InChI is InChI=1S/C12H17Cl2NS/c1-3-15-11(7(2)8-4-5-8)9-6-10(13)16-12(9)14/h6-8,11,15H,3-5H2,1-2H3. The van der Waals surface area contributed by atoms with Crippen LogP contribution in [0.3, 0.4) is 0 Å². The summed E-state index contributed by atoms with van der Waals surface area (Å²) >= 11 is 13.7. The highest BCUT2D eigenvalue weighted by Gasteiger charge is 2.34. The molecule has 1 N–H and O–H groups in total. The highest BCUT2D eigenvalue weighted by atomic mass is 35.5. The van der Waals surface area contributed by atoms with E-state index < -0.39 is 0 Å². The van der Waals surface area contributed by atoms with Crippen LogP contribution in [0.4, 0.5) is 0 Å². The topological polar surface area (TPSA) is 12.0 Å². The molecule has 1 saturated carbocycles. The van der Waals surface area contributed by atoms with E-state index in [0.717, 1.165) is 21.1 Å². The largest absolute Gasteiger partial charge is 0.310 e. The van der Waals surface area contributed by atoms with E-state index in [4.69, 9.17) is 23.2 Å². The van der Waals surface area contributed by atoms with E-state index in [2.05, 4.69) is 19.2 Å². The quantitative estimate of drug-likeness (QED) is 0.819. The molecule has 1 heterocycles. The maximum absolute atomic E-state index is 6.24. The Morgan fingerprint density at radius 3 is 2.62 bits per heavy atom. The highest BCUT2D eigenvalue weighted by Crippen LogP contribution is 2.45. The Balaban J connectivity index is 2.20. The number of rotatable bonds is 5. The SMILES string of the molecule is CCNC(c1cc(Cl)sc1Cl)C(C)C1CC1. The zero-order valence-corrected chi connectivity index (χ0v) is 11.9.